The Kier molecular flexibility index (Phi) is 3.26. The van der Waals surface area contributed by atoms with Crippen LogP contribution in [0.15, 0.2) is 65.6 Å². The molecular formula is C20H12N4O3. The molecule has 3 aromatic heterocycles. The molecule has 5 aromatic rings. The van der Waals surface area contributed by atoms with Gasteiger partial charge in [0.2, 0.25) is 0 Å². The molecule has 0 amide bonds. The van der Waals surface area contributed by atoms with Crippen molar-refractivity contribution >= 4 is 28.0 Å². The van der Waals surface area contributed by atoms with Gasteiger partial charge in [-0.2, -0.15) is 0 Å². The van der Waals surface area contributed by atoms with Crippen LogP contribution < -0.4 is 0 Å². The van der Waals surface area contributed by atoms with Gasteiger partial charge in [-0.15, -0.1) is 0 Å². The van der Waals surface area contributed by atoms with Crippen LogP contribution in [-0.2, 0) is 0 Å². The summed E-state index contributed by atoms with van der Waals surface area (Å²) >= 11 is 0. The first kappa shape index (κ1) is 15.3. The zero-order valence-electron chi connectivity index (χ0n) is 13.9. The highest BCUT2D eigenvalue weighted by molar-refractivity contribution is 5.97. The van der Waals surface area contributed by atoms with E-state index in [9.17, 15) is 4.79 Å². The fourth-order valence-electron chi connectivity index (χ4n) is 3.15. The van der Waals surface area contributed by atoms with Crippen molar-refractivity contribution in [3.8, 4) is 22.3 Å². The van der Waals surface area contributed by atoms with E-state index in [1.807, 2.05) is 30.5 Å². The fraction of sp³-hybridized carbons (Fsp3) is 0. The molecule has 2 N–H and O–H groups in total. The number of aromatic carboxylic acids is 1. The summed E-state index contributed by atoms with van der Waals surface area (Å²) in [5.74, 6) is -0.944. The second-order valence-electron chi connectivity index (χ2n) is 6.17. The molecule has 0 aliphatic rings. The van der Waals surface area contributed by atoms with E-state index in [1.165, 1.54) is 0 Å². The summed E-state index contributed by atoms with van der Waals surface area (Å²) in [6.45, 7) is 0. The number of aromatic nitrogens is 4. The van der Waals surface area contributed by atoms with Crippen molar-refractivity contribution in [3.05, 3.63) is 66.5 Å². The molecule has 2 aromatic carbocycles. The van der Waals surface area contributed by atoms with Crippen molar-refractivity contribution in [2.45, 2.75) is 0 Å². The van der Waals surface area contributed by atoms with Crippen molar-refractivity contribution in [1.82, 2.24) is 20.3 Å². The molecule has 0 aliphatic carbocycles. The molecule has 0 spiro atoms. The van der Waals surface area contributed by atoms with Gasteiger partial charge in [0.15, 0.2) is 0 Å². The van der Waals surface area contributed by atoms with Crippen LogP contribution in [0.2, 0.25) is 0 Å². The molecule has 0 saturated heterocycles. The molecule has 0 atom stereocenters. The number of hydrogen-bond donors (Lipinski definition) is 2. The van der Waals surface area contributed by atoms with Gasteiger partial charge in [0.1, 0.15) is 16.7 Å². The third-order valence-corrected chi connectivity index (χ3v) is 4.56. The maximum Gasteiger partial charge on any atom is 0.335 e. The highest BCUT2D eigenvalue weighted by Gasteiger charge is 2.11. The number of pyridine rings is 1. The smallest absolute Gasteiger partial charge is 0.335 e. The number of rotatable bonds is 3. The SMILES string of the molecule is O=C(O)c1ccc(-c2cnc3[nH]cc(-c4ccc5nonc5c4)c3c2)cc1. The van der Waals surface area contributed by atoms with E-state index in [0.717, 1.165) is 33.3 Å². The number of benzene rings is 2. The third-order valence-electron chi connectivity index (χ3n) is 4.56. The Morgan fingerprint density at radius 1 is 0.926 bits per heavy atom. The van der Waals surface area contributed by atoms with E-state index in [-0.39, 0.29) is 5.56 Å². The number of fused-ring (bicyclic) bond motifs is 2. The van der Waals surface area contributed by atoms with Gasteiger partial charge in [-0.05, 0) is 51.8 Å². The minimum Gasteiger partial charge on any atom is -0.478 e. The lowest BCUT2D eigenvalue weighted by Gasteiger charge is -2.04. The lowest BCUT2D eigenvalue weighted by atomic mass is 10.0. The van der Waals surface area contributed by atoms with Crippen LogP contribution in [-0.4, -0.2) is 31.4 Å². The standard InChI is InChI=1S/C20H12N4O3/c25-20(26)12-3-1-11(2-4-12)14-7-15-16(10-22-19(15)21-9-14)13-5-6-17-18(8-13)24-27-23-17/h1-10H,(H,21,22)(H,25,26). The van der Waals surface area contributed by atoms with E-state index in [1.54, 1.807) is 30.5 Å². The minimum atomic E-state index is -0.944. The molecule has 5 rings (SSSR count). The van der Waals surface area contributed by atoms with Gasteiger partial charge in [0, 0.05) is 28.9 Å². The average molecular weight is 356 g/mol. The molecule has 27 heavy (non-hydrogen) atoms. The molecule has 0 unspecified atom stereocenters. The summed E-state index contributed by atoms with van der Waals surface area (Å²) < 4.78 is 4.77. The topological polar surface area (TPSA) is 105 Å². The van der Waals surface area contributed by atoms with Crippen LogP contribution in [0.4, 0.5) is 0 Å². The summed E-state index contributed by atoms with van der Waals surface area (Å²) in [6.07, 6.45) is 3.67. The van der Waals surface area contributed by atoms with Crippen molar-refractivity contribution in [2.24, 2.45) is 0 Å². The maximum atomic E-state index is 11.0. The number of carbonyl (C=O) groups is 1. The minimum absolute atomic E-state index is 0.254. The third kappa shape index (κ3) is 2.53. The van der Waals surface area contributed by atoms with Crippen molar-refractivity contribution in [2.75, 3.05) is 0 Å². The Morgan fingerprint density at radius 2 is 1.70 bits per heavy atom. The zero-order chi connectivity index (χ0) is 18.4. The van der Waals surface area contributed by atoms with Crippen LogP contribution >= 0.6 is 0 Å². The monoisotopic (exact) mass is 356 g/mol. The van der Waals surface area contributed by atoms with Gasteiger partial charge in [0.25, 0.3) is 0 Å². The van der Waals surface area contributed by atoms with Crippen molar-refractivity contribution in [3.63, 3.8) is 0 Å². The molecule has 0 bridgehead atoms. The van der Waals surface area contributed by atoms with Gasteiger partial charge in [-0.1, -0.05) is 18.2 Å². The second-order valence-corrected chi connectivity index (χ2v) is 6.17. The van der Waals surface area contributed by atoms with Crippen LogP contribution in [0.25, 0.3) is 44.3 Å². The van der Waals surface area contributed by atoms with Gasteiger partial charge in [-0.3, -0.25) is 0 Å². The molecule has 0 saturated carbocycles. The molecule has 7 heteroatoms. The van der Waals surface area contributed by atoms with Crippen molar-refractivity contribution in [1.29, 1.82) is 0 Å². The normalized spacial score (nSPS) is 11.3. The summed E-state index contributed by atoms with van der Waals surface area (Å²) in [5, 5.41) is 17.7. The van der Waals surface area contributed by atoms with Gasteiger partial charge >= 0.3 is 5.97 Å². The highest BCUT2D eigenvalue weighted by Crippen LogP contribution is 2.32. The number of aromatic amines is 1. The van der Waals surface area contributed by atoms with Crippen LogP contribution in [0.3, 0.4) is 0 Å². The summed E-state index contributed by atoms with van der Waals surface area (Å²) in [5.41, 5.74) is 6.20. The van der Waals surface area contributed by atoms with Gasteiger partial charge in [0.05, 0.1) is 5.56 Å². The Morgan fingerprint density at radius 3 is 2.52 bits per heavy atom. The van der Waals surface area contributed by atoms with E-state index in [4.69, 9.17) is 9.74 Å². The maximum absolute atomic E-state index is 11.0. The lowest BCUT2D eigenvalue weighted by molar-refractivity contribution is 0.0697. The molecule has 7 nitrogen and oxygen atoms in total. The predicted molar refractivity (Wildman–Crippen MR) is 99.3 cm³/mol. The van der Waals surface area contributed by atoms with Crippen LogP contribution in [0.5, 0.6) is 0 Å². The highest BCUT2D eigenvalue weighted by atomic mass is 16.6. The number of nitrogens with zero attached hydrogens (tertiary/aromatic N) is 3. The largest absolute Gasteiger partial charge is 0.478 e. The first-order valence-electron chi connectivity index (χ1n) is 8.22. The molecular weight excluding hydrogens is 344 g/mol. The summed E-state index contributed by atoms with van der Waals surface area (Å²) in [7, 11) is 0. The summed E-state index contributed by atoms with van der Waals surface area (Å²) in [6, 6.07) is 14.5. The van der Waals surface area contributed by atoms with Crippen LogP contribution in [0, 0.1) is 0 Å². The number of carboxylic acids is 1. The number of nitrogens with one attached hydrogen (secondary N) is 1. The Hall–Kier alpha value is -4.00. The Labute approximate surface area is 152 Å². The molecule has 0 radical (unpaired) electrons. The van der Waals surface area contributed by atoms with Gasteiger partial charge < -0.3 is 10.1 Å². The van der Waals surface area contributed by atoms with Gasteiger partial charge in [-0.25, -0.2) is 14.4 Å². The Bertz CT molecular complexity index is 1300. The molecule has 3 heterocycles. The molecule has 0 aliphatic heterocycles. The van der Waals surface area contributed by atoms with Crippen molar-refractivity contribution < 1.29 is 14.5 Å². The molecule has 0 fully saturated rings. The number of hydrogen-bond acceptors (Lipinski definition) is 5. The molecule has 130 valence electrons. The first-order valence-corrected chi connectivity index (χ1v) is 8.22. The lowest BCUT2D eigenvalue weighted by Crippen LogP contribution is -1.95. The Balaban J connectivity index is 1.62. The number of H-pyrrole nitrogens is 1. The van der Waals surface area contributed by atoms with Crippen LogP contribution in [0.1, 0.15) is 10.4 Å². The average Bonchev–Trinajstić information content (AvgIpc) is 3.33. The van der Waals surface area contributed by atoms with E-state index in [0.29, 0.717) is 11.0 Å². The zero-order valence-corrected chi connectivity index (χ0v) is 13.9. The number of carboxylic acid groups (broad SMARTS) is 1. The first-order chi connectivity index (χ1) is 13.2. The second kappa shape index (κ2) is 5.77. The predicted octanol–water partition coefficient (Wildman–Crippen LogP) is 4.13. The van der Waals surface area contributed by atoms with E-state index >= 15 is 0 Å². The fourth-order valence-corrected chi connectivity index (χ4v) is 3.15. The summed E-state index contributed by atoms with van der Waals surface area (Å²) in [4.78, 5) is 18.7. The van der Waals surface area contributed by atoms with E-state index in [2.05, 4.69) is 20.3 Å². The van der Waals surface area contributed by atoms with E-state index < -0.39 is 5.97 Å². The quantitative estimate of drug-likeness (QED) is 0.503.